The second kappa shape index (κ2) is 7.73. The molecule has 22 heavy (non-hydrogen) atoms. The molecule has 2 aromatic rings. The highest BCUT2D eigenvalue weighted by atomic mass is 32.2. The Hall–Kier alpha value is -1.41. The first kappa shape index (κ1) is 17.0. The van der Waals surface area contributed by atoms with Crippen molar-refractivity contribution in [1.29, 1.82) is 0 Å². The second-order valence-corrected chi connectivity index (χ2v) is 7.61. The summed E-state index contributed by atoms with van der Waals surface area (Å²) in [6.45, 7) is 7.16. The van der Waals surface area contributed by atoms with Gasteiger partial charge in [-0.05, 0) is 18.9 Å². The van der Waals surface area contributed by atoms with Gasteiger partial charge in [0.2, 0.25) is 0 Å². The van der Waals surface area contributed by atoms with Gasteiger partial charge in [-0.15, -0.1) is 10.2 Å². The van der Waals surface area contributed by atoms with Crippen molar-refractivity contribution in [3.63, 3.8) is 0 Å². The fourth-order valence-electron chi connectivity index (χ4n) is 1.90. The zero-order valence-corrected chi connectivity index (χ0v) is 14.8. The van der Waals surface area contributed by atoms with Gasteiger partial charge in [-0.1, -0.05) is 36.9 Å². The van der Waals surface area contributed by atoms with Crippen LogP contribution in [0.4, 0.5) is 0 Å². The van der Waals surface area contributed by atoms with Gasteiger partial charge in [-0.2, -0.15) is 5.10 Å². The lowest BCUT2D eigenvalue weighted by atomic mass is 10.2. The first-order valence-electron chi connectivity index (χ1n) is 7.07. The monoisotopic (exact) mass is 340 g/mol. The van der Waals surface area contributed by atoms with Crippen LogP contribution in [-0.4, -0.2) is 38.8 Å². The Labute approximate surface area is 138 Å². The van der Waals surface area contributed by atoms with Gasteiger partial charge in [0, 0.05) is 12.3 Å². The second-order valence-electron chi connectivity index (χ2n) is 5.29. The van der Waals surface area contributed by atoms with Crippen molar-refractivity contribution < 1.29 is 9.53 Å². The molecule has 0 aromatic carbocycles. The van der Waals surface area contributed by atoms with Crippen molar-refractivity contribution in [3.8, 4) is 10.7 Å². The molecule has 0 amide bonds. The van der Waals surface area contributed by atoms with Crippen molar-refractivity contribution in [2.24, 2.45) is 5.92 Å². The molecule has 0 N–H and O–H groups in total. The van der Waals surface area contributed by atoms with Crippen molar-refractivity contribution in [2.45, 2.75) is 38.1 Å². The number of carbonyl (C=O) groups is 1. The number of aromatic nitrogens is 4. The van der Waals surface area contributed by atoms with Gasteiger partial charge in [0.05, 0.1) is 24.9 Å². The van der Waals surface area contributed by atoms with Crippen LogP contribution in [0.15, 0.2) is 10.4 Å². The molecular formula is C14H20N4O2S2. The maximum absolute atomic E-state index is 11.1. The molecule has 0 spiro atoms. The SMILES string of the molecule is COC(=O)CCSc1nnc(-c2cc(C)nn2CC(C)C)s1. The number of hydrogen-bond acceptors (Lipinski definition) is 7. The molecule has 2 aromatic heterocycles. The molecule has 120 valence electrons. The van der Waals surface area contributed by atoms with Crippen molar-refractivity contribution in [3.05, 3.63) is 11.8 Å². The van der Waals surface area contributed by atoms with E-state index in [0.29, 0.717) is 18.1 Å². The average molecular weight is 340 g/mol. The summed E-state index contributed by atoms with van der Waals surface area (Å²) in [5.41, 5.74) is 1.98. The van der Waals surface area contributed by atoms with Crippen LogP contribution >= 0.6 is 23.1 Å². The van der Waals surface area contributed by atoms with E-state index in [9.17, 15) is 4.79 Å². The Kier molecular flexibility index (Phi) is 5.96. The van der Waals surface area contributed by atoms with Crippen LogP contribution in [0.2, 0.25) is 0 Å². The van der Waals surface area contributed by atoms with E-state index in [4.69, 9.17) is 0 Å². The molecular weight excluding hydrogens is 320 g/mol. The largest absolute Gasteiger partial charge is 0.469 e. The van der Waals surface area contributed by atoms with Crippen LogP contribution < -0.4 is 0 Å². The van der Waals surface area contributed by atoms with Crippen LogP contribution in [0.25, 0.3) is 10.7 Å². The number of esters is 1. The highest BCUT2D eigenvalue weighted by Crippen LogP contribution is 2.30. The molecule has 0 aliphatic carbocycles. The molecule has 2 heterocycles. The van der Waals surface area contributed by atoms with E-state index in [2.05, 4.69) is 33.9 Å². The fourth-order valence-corrected chi connectivity index (χ4v) is 3.76. The first-order chi connectivity index (χ1) is 10.5. The van der Waals surface area contributed by atoms with E-state index >= 15 is 0 Å². The number of carbonyl (C=O) groups excluding carboxylic acids is 1. The summed E-state index contributed by atoms with van der Waals surface area (Å²) >= 11 is 3.05. The van der Waals surface area contributed by atoms with Crippen LogP contribution in [0.3, 0.4) is 0 Å². The summed E-state index contributed by atoms with van der Waals surface area (Å²) in [6.07, 6.45) is 0.375. The van der Waals surface area contributed by atoms with Crippen LogP contribution in [0.5, 0.6) is 0 Å². The Morgan fingerprint density at radius 2 is 2.23 bits per heavy atom. The Morgan fingerprint density at radius 3 is 2.91 bits per heavy atom. The van der Waals surface area contributed by atoms with E-state index in [1.54, 1.807) is 0 Å². The quantitative estimate of drug-likeness (QED) is 0.570. The highest BCUT2D eigenvalue weighted by molar-refractivity contribution is 8.01. The standard InChI is InChI=1S/C14H20N4O2S2/c1-9(2)8-18-11(7-10(3)17-18)13-15-16-14(22-13)21-6-5-12(19)20-4/h7,9H,5-6,8H2,1-4H3. The Bertz CT molecular complexity index is 637. The Morgan fingerprint density at radius 1 is 1.45 bits per heavy atom. The average Bonchev–Trinajstić information content (AvgIpc) is 3.04. The summed E-state index contributed by atoms with van der Waals surface area (Å²) in [6, 6.07) is 2.03. The van der Waals surface area contributed by atoms with Gasteiger partial charge < -0.3 is 4.74 Å². The third-order valence-corrected chi connectivity index (χ3v) is 4.91. The zero-order chi connectivity index (χ0) is 16.1. The van der Waals surface area contributed by atoms with E-state index in [1.165, 1.54) is 30.2 Å². The molecule has 2 rings (SSSR count). The van der Waals surface area contributed by atoms with Crippen molar-refractivity contribution >= 4 is 29.1 Å². The van der Waals surface area contributed by atoms with Crippen molar-refractivity contribution in [2.75, 3.05) is 12.9 Å². The lowest BCUT2D eigenvalue weighted by Gasteiger charge is -2.07. The molecule has 0 saturated carbocycles. The molecule has 0 unspecified atom stereocenters. The van der Waals surface area contributed by atoms with Gasteiger partial charge in [0.1, 0.15) is 0 Å². The summed E-state index contributed by atoms with van der Waals surface area (Å²) in [5, 5.41) is 13.8. The van der Waals surface area contributed by atoms with Gasteiger partial charge >= 0.3 is 5.97 Å². The molecule has 0 radical (unpaired) electrons. The minimum absolute atomic E-state index is 0.206. The number of rotatable bonds is 7. The number of aryl methyl sites for hydroxylation is 1. The van der Waals surface area contributed by atoms with Crippen molar-refractivity contribution in [1.82, 2.24) is 20.0 Å². The van der Waals surface area contributed by atoms with Crippen LogP contribution in [0, 0.1) is 12.8 Å². The molecule has 0 fully saturated rings. The third-order valence-electron chi connectivity index (χ3n) is 2.83. The molecule has 0 bridgehead atoms. The summed E-state index contributed by atoms with van der Waals surface area (Å²) in [7, 11) is 1.40. The molecule has 8 heteroatoms. The smallest absolute Gasteiger partial charge is 0.306 e. The van der Waals surface area contributed by atoms with E-state index in [-0.39, 0.29) is 5.97 Å². The molecule has 6 nitrogen and oxygen atoms in total. The van der Waals surface area contributed by atoms with E-state index < -0.39 is 0 Å². The van der Waals surface area contributed by atoms with E-state index in [0.717, 1.165) is 27.3 Å². The van der Waals surface area contributed by atoms with E-state index in [1.807, 2.05) is 17.7 Å². The molecule has 0 atom stereocenters. The molecule has 0 saturated heterocycles. The summed E-state index contributed by atoms with van der Waals surface area (Å²) in [5.74, 6) is 0.953. The third kappa shape index (κ3) is 4.54. The minimum Gasteiger partial charge on any atom is -0.469 e. The maximum atomic E-state index is 11.1. The molecule has 0 aliphatic rings. The normalized spacial score (nSPS) is 11.1. The maximum Gasteiger partial charge on any atom is 0.306 e. The van der Waals surface area contributed by atoms with Crippen LogP contribution in [-0.2, 0) is 16.1 Å². The number of thioether (sulfide) groups is 1. The Balaban J connectivity index is 2.06. The number of hydrogen-bond donors (Lipinski definition) is 0. The van der Waals surface area contributed by atoms with Gasteiger partial charge in [-0.25, -0.2) is 0 Å². The van der Waals surface area contributed by atoms with Crippen LogP contribution in [0.1, 0.15) is 26.0 Å². The molecule has 0 aliphatic heterocycles. The number of methoxy groups -OCH3 is 1. The first-order valence-corrected chi connectivity index (χ1v) is 8.87. The fraction of sp³-hybridized carbons (Fsp3) is 0.571. The lowest BCUT2D eigenvalue weighted by Crippen LogP contribution is -2.07. The topological polar surface area (TPSA) is 69.9 Å². The highest BCUT2D eigenvalue weighted by Gasteiger charge is 2.14. The summed E-state index contributed by atoms with van der Waals surface area (Å²) in [4.78, 5) is 11.1. The van der Waals surface area contributed by atoms with Gasteiger partial charge in [0.15, 0.2) is 9.35 Å². The lowest BCUT2D eigenvalue weighted by molar-refractivity contribution is -0.140. The number of nitrogens with zero attached hydrogens (tertiary/aromatic N) is 4. The van der Waals surface area contributed by atoms with Gasteiger partial charge in [0.25, 0.3) is 0 Å². The number of ether oxygens (including phenoxy) is 1. The zero-order valence-electron chi connectivity index (χ0n) is 13.2. The predicted octanol–water partition coefficient (Wildman–Crippen LogP) is 3.02. The minimum atomic E-state index is -0.206. The van der Waals surface area contributed by atoms with Gasteiger partial charge in [-0.3, -0.25) is 9.48 Å². The summed E-state index contributed by atoms with van der Waals surface area (Å²) < 4.78 is 7.47. The predicted molar refractivity (Wildman–Crippen MR) is 88.1 cm³/mol.